The first kappa shape index (κ1) is 13.8. The molecule has 1 unspecified atom stereocenters. The smallest absolute Gasteiger partial charge is 0.0579 e. The van der Waals surface area contributed by atoms with E-state index < -0.39 is 0 Å². The molecule has 19 heavy (non-hydrogen) atoms. The van der Waals surface area contributed by atoms with Gasteiger partial charge in [-0.1, -0.05) is 54.1 Å². The van der Waals surface area contributed by atoms with Crippen LogP contribution in [-0.4, -0.2) is 13.1 Å². The lowest BCUT2D eigenvalue weighted by molar-refractivity contribution is 0.609. The van der Waals surface area contributed by atoms with Crippen LogP contribution in [0.5, 0.6) is 0 Å². The van der Waals surface area contributed by atoms with E-state index >= 15 is 0 Å². The second kappa shape index (κ2) is 6.50. The molecule has 2 heteroatoms. The predicted molar refractivity (Wildman–Crippen MR) is 81.3 cm³/mol. The molecule has 2 rings (SSSR count). The summed E-state index contributed by atoms with van der Waals surface area (Å²) in [6, 6.07) is 17.4. The van der Waals surface area contributed by atoms with Gasteiger partial charge in [-0.05, 0) is 30.5 Å². The highest BCUT2D eigenvalue weighted by atomic mass is 14.9. The summed E-state index contributed by atoms with van der Waals surface area (Å²) in [4.78, 5) is 0. The maximum absolute atomic E-state index is 5.64. The van der Waals surface area contributed by atoms with E-state index in [0.29, 0.717) is 6.54 Å². The normalized spacial score (nSPS) is 12.4. The Hall–Kier alpha value is -1.64. The van der Waals surface area contributed by atoms with Gasteiger partial charge >= 0.3 is 0 Å². The Bertz CT molecular complexity index is 520. The van der Waals surface area contributed by atoms with Crippen molar-refractivity contribution < 1.29 is 0 Å². The first-order chi connectivity index (χ1) is 9.22. The third-order valence-corrected chi connectivity index (χ3v) is 3.37. The Morgan fingerprint density at radius 2 is 1.79 bits per heavy atom. The van der Waals surface area contributed by atoms with Crippen molar-refractivity contribution in [3.05, 3.63) is 70.8 Å². The van der Waals surface area contributed by atoms with E-state index in [1.54, 1.807) is 0 Å². The molecule has 0 radical (unpaired) electrons. The maximum Gasteiger partial charge on any atom is 0.0579 e. The number of aryl methyl sites for hydroxylation is 2. The van der Waals surface area contributed by atoms with Gasteiger partial charge in [0.1, 0.15) is 0 Å². The van der Waals surface area contributed by atoms with Crippen molar-refractivity contribution in [2.24, 2.45) is 5.73 Å². The Morgan fingerprint density at radius 3 is 2.47 bits per heavy atom. The Morgan fingerprint density at radius 1 is 1.05 bits per heavy atom. The number of benzene rings is 2. The van der Waals surface area contributed by atoms with Crippen molar-refractivity contribution in [2.45, 2.75) is 19.9 Å². The number of hydrogen-bond donors (Lipinski definition) is 2. The average molecular weight is 254 g/mol. The second-order valence-corrected chi connectivity index (χ2v) is 4.95. The molecule has 1 atom stereocenters. The SMILES string of the molecule is Cc1ccc(C)c(C(NCCN)c2ccccc2)c1. The minimum atomic E-state index is 0.213. The molecule has 0 aliphatic rings. The summed E-state index contributed by atoms with van der Waals surface area (Å²) in [6.07, 6.45) is 0. The highest BCUT2D eigenvalue weighted by Crippen LogP contribution is 2.25. The molecule has 0 aliphatic carbocycles. The summed E-state index contributed by atoms with van der Waals surface area (Å²) in [5.74, 6) is 0. The van der Waals surface area contributed by atoms with Gasteiger partial charge in [-0.25, -0.2) is 0 Å². The van der Waals surface area contributed by atoms with Crippen molar-refractivity contribution in [3.63, 3.8) is 0 Å². The molecule has 0 heterocycles. The molecule has 100 valence electrons. The molecule has 0 aromatic heterocycles. The molecule has 0 saturated heterocycles. The van der Waals surface area contributed by atoms with Gasteiger partial charge in [0.05, 0.1) is 6.04 Å². The molecule has 2 nitrogen and oxygen atoms in total. The van der Waals surface area contributed by atoms with Crippen molar-refractivity contribution in [1.29, 1.82) is 0 Å². The first-order valence-electron chi connectivity index (χ1n) is 6.78. The predicted octanol–water partition coefficient (Wildman–Crippen LogP) is 2.94. The molecule has 0 saturated carbocycles. The molecule has 0 aliphatic heterocycles. The summed E-state index contributed by atoms with van der Waals surface area (Å²) < 4.78 is 0. The van der Waals surface area contributed by atoms with Crippen molar-refractivity contribution >= 4 is 0 Å². The summed E-state index contributed by atoms with van der Waals surface area (Å²) in [5.41, 5.74) is 10.9. The number of rotatable bonds is 5. The van der Waals surface area contributed by atoms with Crippen molar-refractivity contribution in [3.8, 4) is 0 Å². The second-order valence-electron chi connectivity index (χ2n) is 4.95. The molecule has 2 aromatic rings. The van der Waals surface area contributed by atoms with Gasteiger partial charge in [-0.2, -0.15) is 0 Å². The molecule has 2 aromatic carbocycles. The van der Waals surface area contributed by atoms with E-state index in [4.69, 9.17) is 5.73 Å². The third-order valence-electron chi connectivity index (χ3n) is 3.37. The van der Waals surface area contributed by atoms with Gasteiger partial charge in [0, 0.05) is 13.1 Å². The van der Waals surface area contributed by atoms with Gasteiger partial charge in [0.2, 0.25) is 0 Å². The topological polar surface area (TPSA) is 38.0 Å². The zero-order valence-corrected chi connectivity index (χ0v) is 11.7. The molecule has 3 N–H and O–H groups in total. The first-order valence-corrected chi connectivity index (χ1v) is 6.78. The fourth-order valence-electron chi connectivity index (χ4n) is 2.35. The van der Waals surface area contributed by atoms with Crippen molar-refractivity contribution in [1.82, 2.24) is 5.32 Å². The fourth-order valence-corrected chi connectivity index (χ4v) is 2.35. The zero-order valence-electron chi connectivity index (χ0n) is 11.7. The standard InChI is InChI=1S/C17H22N2/c1-13-8-9-14(2)16(12-13)17(19-11-10-18)15-6-4-3-5-7-15/h3-9,12,17,19H,10-11,18H2,1-2H3. The summed E-state index contributed by atoms with van der Waals surface area (Å²) >= 11 is 0. The van der Waals surface area contributed by atoms with Crippen LogP contribution in [0.4, 0.5) is 0 Å². The molecule has 0 bridgehead atoms. The van der Waals surface area contributed by atoms with E-state index in [-0.39, 0.29) is 6.04 Å². The third kappa shape index (κ3) is 3.43. The molecular weight excluding hydrogens is 232 g/mol. The molecule has 0 spiro atoms. The zero-order chi connectivity index (χ0) is 13.7. The number of nitrogens with one attached hydrogen (secondary N) is 1. The molecule has 0 fully saturated rings. The Labute approximate surface area is 115 Å². The minimum Gasteiger partial charge on any atom is -0.329 e. The molecular formula is C17H22N2. The van der Waals surface area contributed by atoms with Gasteiger partial charge in [-0.15, -0.1) is 0 Å². The van der Waals surface area contributed by atoms with Crippen LogP contribution in [-0.2, 0) is 0 Å². The lowest BCUT2D eigenvalue weighted by Gasteiger charge is -2.22. The van der Waals surface area contributed by atoms with Gasteiger partial charge < -0.3 is 11.1 Å². The van der Waals surface area contributed by atoms with Crippen LogP contribution < -0.4 is 11.1 Å². The van der Waals surface area contributed by atoms with E-state index in [2.05, 4.69) is 61.6 Å². The van der Waals surface area contributed by atoms with E-state index in [1.165, 1.54) is 22.3 Å². The van der Waals surface area contributed by atoms with Crippen LogP contribution in [0.1, 0.15) is 28.3 Å². The van der Waals surface area contributed by atoms with Crippen LogP contribution >= 0.6 is 0 Å². The summed E-state index contributed by atoms with van der Waals surface area (Å²) in [6.45, 7) is 5.75. The van der Waals surface area contributed by atoms with Gasteiger partial charge in [-0.3, -0.25) is 0 Å². The highest BCUT2D eigenvalue weighted by molar-refractivity contribution is 5.39. The van der Waals surface area contributed by atoms with Gasteiger partial charge in [0.15, 0.2) is 0 Å². The van der Waals surface area contributed by atoms with Crippen LogP contribution in [0.3, 0.4) is 0 Å². The van der Waals surface area contributed by atoms with E-state index in [9.17, 15) is 0 Å². The number of nitrogens with two attached hydrogens (primary N) is 1. The monoisotopic (exact) mass is 254 g/mol. The van der Waals surface area contributed by atoms with Crippen LogP contribution in [0.25, 0.3) is 0 Å². The Kier molecular flexibility index (Phi) is 4.72. The van der Waals surface area contributed by atoms with Crippen LogP contribution in [0.15, 0.2) is 48.5 Å². The highest BCUT2D eigenvalue weighted by Gasteiger charge is 2.15. The maximum atomic E-state index is 5.64. The minimum absolute atomic E-state index is 0.213. The van der Waals surface area contributed by atoms with Crippen LogP contribution in [0.2, 0.25) is 0 Å². The lowest BCUT2D eigenvalue weighted by Crippen LogP contribution is -2.28. The van der Waals surface area contributed by atoms with Crippen molar-refractivity contribution in [2.75, 3.05) is 13.1 Å². The van der Waals surface area contributed by atoms with Gasteiger partial charge in [0.25, 0.3) is 0 Å². The molecule has 0 amide bonds. The number of hydrogen-bond acceptors (Lipinski definition) is 2. The average Bonchev–Trinajstić information content (AvgIpc) is 2.44. The Balaban J connectivity index is 2.40. The fraction of sp³-hybridized carbons (Fsp3) is 0.294. The summed E-state index contributed by atoms with van der Waals surface area (Å²) in [7, 11) is 0. The largest absolute Gasteiger partial charge is 0.329 e. The van der Waals surface area contributed by atoms with E-state index in [0.717, 1.165) is 6.54 Å². The lowest BCUT2D eigenvalue weighted by atomic mass is 9.93. The van der Waals surface area contributed by atoms with E-state index in [1.807, 2.05) is 6.07 Å². The summed E-state index contributed by atoms with van der Waals surface area (Å²) in [5, 5.41) is 3.55. The quantitative estimate of drug-likeness (QED) is 0.861. The van der Waals surface area contributed by atoms with Crippen LogP contribution in [0, 0.1) is 13.8 Å².